The van der Waals surface area contributed by atoms with Crippen molar-refractivity contribution >= 4 is 28.5 Å². The smallest absolute Gasteiger partial charge is 0.360 e. The number of amides is 1. The van der Waals surface area contributed by atoms with Crippen molar-refractivity contribution in [3.8, 4) is 6.07 Å². The van der Waals surface area contributed by atoms with Crippen molar-refractivity contribution in [1.82, 2.24) is 10.2 Å². The number of para-hydroxylation sites is 1. The van der Waals surface area contributed by atoms with Crippen LogP contribution in [-0.2, 0) is 9.53 Å². The monoisotopic (exact) mass is 334 g/mol. The minimum Gasteiger partial charge on any atom is -0.448 e. The zero-order chi connectivity index (χ0) is 17.8. The molecule has 1 heterocycles. The van der Waals surface area contributed by atoms with Crippen molar-refractivity contribution in [1.29, 1.82) is 5.26 Å². The number of aromatic nitrogens is 2. The Morgan fingerprint density at radius 2 is 1.92 bits per heavy atom. The molecule has 3 rings (SSSR count). The minimum absolute atomic E-state index is 0.133. The van der Waals surface area contributed by atoms with Gasteiger partial charge in [-0.3, -0.25) is 9.89 Å². The summed E-state index contributed by atoms with van der Waals surface area (Å²) in [7, 11) is 0. The highest BCUT2D eigenvalue weighted by Gasteiger charge is 2.22. The Kier molecular flexibility index (Phi) is 4.44. The van der Waals surface area contributed by atoms with Crippen molar-refractivity contribution in [2.45, 2.75) is 13.0 Å². The fourth-order valence-electron chi connectivity index (χ4n) is 2.26. The number of rotatable bonds is 4. The van der Waals surface area contributed by atoms with Crippen LogP contribution < -0.4 is 5.32 Å². The molecular weight excluding hydrogens is 320 g/mol. The van der Waals surface area contributed by atoms with E-state index in [0.717, 1.165) is 0 Å². The Bertz CT molecular complexity index is 970. The molecule has 0 aliphatic rings. The summed E-state index contributed by atoms with van der Waals surface area (Å²) in [5, 5.41) is 18.7. The molecule has 7 nitrogen and oxygen atoms in total. The van der Waals surface area contributed by atoms with Crippen molar-refractivity contribution in [2.75, 3.05) is 5.32 Å². The number of nitrogens with zero attached hydrogens (tertiary/aromatic N) is 2. The third-order valence-electron chi connectivity index (χ3n) is 3.60. The summed E-state index contributed by atoms with van der Waals surface area (Å²) >= 11 is 0. The Labute approximate surface area is 143 Å². The molecule has 2 N–H and O–H groups in total. The number of nitriles is 1. The van der Waals surface area contributed by atoms with Gasteiger partial charge >= 0.3 is 5.97 Å². The molecule has 0 aliphatic carbocycles. The van der Waals surface area contributed by atoms with Crippen LogP contribution in [0.5, 0.6) is 0 Å². The van der Waals surface area contributed by atoms with E-state index in [9.17, 15) is 9.59 Å². The topological polar surface area (TPSA) is 108 Å². The van der Waals surface area contributed by atoms with E-state index in [4.69, 9.17) is 10.00 Å². The van der Waals surface area contributed by atoms with Crippen LogP contribution in [0, 0.1) is 11.3 Å². The quantitative estimate of drug-likeness (QED) is 0.713. The molecule has 0 aliphatic heterocycles. The van der Waals surface area contributed by atoms with Gasteiger partial charge in [0.25, 0.3) is 5.91 Å². The van der Waals surface area contributed by atoms with Crippen molar-refractivity contribution < 1.29 is 14.3 Å². The van der Waals surface area contributed by atoms with E-state index in [0.29, 0.717) is 22.2 Å². The number of esters is 1. The van der Waals surface area contributed by atoms with E-state index in [1.54, 1.807) is 42.5 Å². The molecule has 0 radical (unpaired) electrons. The number of carbonyl (C=O) groups is 2. The van der Waals surface area contributed by atoms with Gasteiger partial charge in [-0.05, 0) is 37.3 Å². The van der Waals surface area contributed by atoms with Crippen LogP contribution in [0.1, 0.15) is 23.0 Å². The van der Waals surface area contributed by atoms with E-state index >= 15 is 0 Å². The zero-order valence-corrected chi connectivity index (χ0v) is 13.3. The second-order valence-corrected chi connectivity index (χ2v) is 5.34. The van der Waals surface area contributed by atoms with Crippen LogP contribution in [0.15, 0.2) is 48.5 Å². The van der Waals surface area contributed by atoms with Gasteiger partial charge in [0.1, 0.15) is 0 Å². The van der Waals surface area contributed by atoms with Gasteiger partial charge in [-0.15, -0.1) is 0 Å². The molecule has 1 atom stereocenters. The number of benzene rings is 2. The number of ether oxygens (including phenoxy) is 1. The van der Waals surface area contributed by atoms with Gasteiger partial charge in [0.15, 0.2) is 11.8 Å². The number of anilines is 1. The number of hydrogen-bond donors (Lipinski definition) is 2. The minimum atomic E-state index is -1.00. The predicted octanol–water partition coefficient (Wildman–Crippen LogP) is 2.62. The van der Waals surface area contributed by atoms with E-state index in [-0.39, 0.29) is 5.69 Å². The highest BCUT2D eigenvalue weighted by molar-refractivity contribution is 6.03. The summed E-state index contributed by atoms with van der Waals surface area (Å²) in [6.45, 7) is 1.48. The average molecular weight is 334 g/mol. The van der Waals surface area contributed by atoms with E-state index < -0.39 is 18.0 Å². The summed E-state index contributed by atoms with van der Waals surface area (Å²) in [4.78, 5) is 24.4. The SMILES string of the molecule is CC(OC(=O)c1n[nH]c2ccccc12)C(=O)Nc1ccc(C#N)cc1. The molecule has 124 valence electrons. The number of aromatic amines is 1. The van der Waals surface area contributed by atoms with Gasteiger partial charge in [-0.2, -0.15) is 10.4 Å². The summed E-state index contributed by atoms with van der Waals surface area (Å²) in [6, 6.07) is 15.5. The van der Waals surface area contributed by atoms with E-state index in [1.165, 1.54) is 6.92 Å². The molecule has 0 bridgehead atoms. The maximum Gasteiger partial charge on any atom is 0.360 e. The second kappa shape index (κ2) is 6.84. The highest BCUT2D eigenvalue weighted by atomic mass is 16.5. The van der Waals surface area contributed by atoms with Crippen LogP contribution in [0.2, 0.25) is 0 Å². The summed E-state index contributed by atoms with van der Waals surface area (Å²) in [6.07, 6.45) is -1.00. The molecule has 1 aromatic heterocycles. The van der Waals surface area contributed by atoms with Gasteiger partial charge in [0.05, 0.1) is 17.1 Å². The molecule has 0 saturated carbocycles. The number of fused-ring (bicyclic) bond motifs is 1. The maximum atomic E-state index is 12.2. The number of hydrogen-bond acceptors (Lipinski definition) is 5. The second-order valence-electron chi connectivity index (χ2n) is 5.34. The lowest BCUT2D eigenvalue weighted by atomic mass is 10.2. The van der Waals surface area contributed by atoms with Gasteiger partial charge in [0, 0.05) is 11.1 Å². The first-order chi connectivity index (χ1) is 12.1. The standard InChI is InChI=1S/C18H14N4O3/c1-11(17(23)20-13-8-6-12(10-19)7-9-13)25-18(24)16-14-4-2-3-5-15(14)21-22-16/h2-9,11H,1H3,(H,20,23)(H,21,22). The summed E-state index contributed by atoms with van der Waals surface area (Å²) in [5.74, 6) is -1.15. The molecule has 0 fully saturated rings. The molecule has 3 aromatic rings. The Hall–Kier alpha value is -3.66. The van der Waals surface area contributed by atoms with E-state index in [2.05, 4.69) is 15.5 Å². The van der Waals surface area contributed by atoms with Crippen molar-refractivity contribution in [3.63, 3.8) is 0 Å². The number of carbonyl (C=O) groups excluding carboxylic acids is 2. The predicted molar refractivity (Wildman–Crippen MR) is 90.8 cm³/mol. The third-order valence-corrected chi connectivity index (χ3v) is 3.60. The van der Waals surface area contributed by atoms with E-state index in [1.807, 2.05) is 12.1 Å². The van der Waals surface area contributed by atoms with Gasteiger partial charge in [-0.25, -0.2) is 4.79 Å². The molecular formula is C18H14N4O3. The largest absolute Gasteiger partial charge is 0.448 e. The lowest BCUT2D eigenvalue weighted by molar-refractivity contribution is -0.123. The van der Waals surface area contributed by atoms with Crippen LogP contribution in [-0.4, -0.2) is 28.2 Å². The molecule has 25 heavy (non-hydrogen) atoms. The lowest BCUT2D eigenvalue weighted by Gasteiger charge is -2.13. The highest BCUT2D eigenvalue weighted by Crippen LogP contribution is 2.17. The first-order valence-corrected chi connectivity index (χ1v) is 7.53. The van der Waals surface area contributed by atoms with Crippen LogP contribution in [0.3, 0.4) is 0 Å². The molecule has 7 heteroatoms. The first-order valence-electron chi connectivity index (χ1n) is 7.53. The fourth-order valence-corrected chi connectivity index (χ4v) is 2.26. The van der Waals surface area contributed by atoms with Crippen molar-refractivity contribution in [2.24, 2.45) is 0 Å². The van der Waals surface area contributed by atoms with Gasteiger partial charge < -0.3 is 10.1 Å². The van der Waals surface area contributed by atoms with Crippen LogP contribution in [0.4, 0.5) is 5.69 Å². The first kappa shape index (κ1) is 16.2. The van der Waals surface area contributed by atoms with Crippen molar-refractivity contribution in [3.05, 3.63) is 59.8 Å². The molecule has 1 amide bonds. The summed E-state index contributed by atoms with van der Waals surface area (Å²) < 4.78 is 5.20. The molecule has 2 aromatic carbocycles. The fraction of sp³-hybridized carbons (Fsp3) is 0.111. The molecule has 1 unspecified atom stereocenters. The molecule has 0 spiro atoms. The number of nitrogens with one attached hydrogen (secondary N) is 2. The Morgan fingerprint density at radius 3 is 2.64 bits per heavy atom. The molecule has 0 saturated heterocycles. The van der Waals surface area contributed by atoms with Gasteiger partial charge in [-0.1, -0.05) is 18.2 Å². The zero-order valence-electron chi connectivity index (χ0n) is 13.3. The Balaban J connectivity index is 1.66. The van der Waals surface area contributed by atoms with Crippen LogP contribution >= 0.6 is 0 Å². The maximum absolute atomic E-state index is 12.2. The third kappa shape index (κ3) is 3.48. The van der Waals surface area contributed by atoms with Crippen LogP contribution in [0.25, 0.3) is 10.9 Å². The summed E-state index contributed by atoms with van der Waals surface area (Å²) in [5.41, 5.74) is 1.85. The lowest BCUT2D eigenvalue weighted by Crippen LogP contribution is -2.30. The number of H-pyrrole nitrogens is 1. The van der Waals surface area contributed by atoms with Gasteiger partial charge in [0.2, 0.25) is 0 Å². The average Bonchev–Trinajstić information content (AvgIpc) is 3.06. The normalized spacial score (nSPS) is 11.5. The Morgan fingerprint density at radius 1 is 1.20 bits per heavy atom.